The molecule has 0 fully saturated rings. The van der Waals surface area contributed by atoms with Gasteiger partial charge in [0.15, 0.2) is 0 Å². The summed E-state index contributed by atoms with van der Waals surface area (Å²) >= 11 is 0. The van der Waals surface area contributed by atoms with Gasteiger partial charge in [0.1, 0.15) is 0 Å². The average molecular weight is 394 g/mol. The maximum atomic E-state index is 11.4. The van der Waals surface area contributed by atoms with Crippen LogP contribution in [0.4, 0.5) is 0 Å². The first kappa shape index (κ1) is 19.1. The predicted molar refractivity (Wildman–Crippen MR) is 113 cm³/mol. The minimum atomic E-state index is -0.979. The van der Waals surface area contributed by atoms with E-state index in [1.165, 1.54) is 10.4 Å². The summed E-state index contributed by atoms with van der Waals surface area (Å²) in [7, 11) is 0. The third-order valence-corrected chi connectivity index (χ3v) is 4.50. The number of hydrogen-bond acceptors (Lipinski definition) is 4. The first-order valence-electron chi connectivity index (χ1n) is 9.41. The second kappa shape index (κ2) is 8.84. The Morgan fingerprint density at radius 1 is 0.967 bits per heavy atom. The van der Waals surface area contributed by atoms with E-state index in [1.54, 1.807) is 24.3 Å². The Morgan fingerprint density at radius 3 is 2.60 bits per heavy atom. The quantitative estimate of drug-likeness (QED) is 0.522. The fraction of sp³-hybridized carbons (Fsp3) is 0.0833. The molecule has 0 aliphatic heterocycles. The van der Waals surface area contributed by atoms with E-state index in [9.17, 15) is 9.90 Å². The van der Waals surface area contributed by atoms with Crippen molar-refractivity contribution in [2.75, 3.05) is 0 Å². The highest BCUT2D eigenvalue weighted by Crippen LogP contribution is 2.16. The SMILES string of the molecule is O=C(O)c1ccccc1Cn1nnc(-c2cccc(C#CCc3ccccc3)c2)n1. The largest absolute Gasteiger partial charge is 0.478 e. The number of carboxylic acid groups (broad SMARTS) is 1. The Kier molecular flexibility index (Phi) is 5.63. The second-order valence-electron chi connectivity index (χ2n) is 6.65. The molecule has 3 aromatic carbocycles. The van der Waals surface area contributed by atoms with E-state index in [0.717, 1.165) is 11.1 Å². The van der Waals surface area contributed by atoms with Crippen molar-refractivity contribution < 1.29 is 9.90 Å². The van der Waals surface area contributed by atoms with Gasteiger partial charge in [0.25, 0.3) is 0 Å². The molecular weight excluding hydrogens is 376 g/mol. The molecule has 0 bridgehead atoms. The molecule has 6 nitrogen and oxygen atoms in total. The van der Waals surface area contributed by atoms with E-state index < -0.39 is 5.97 Å². The number of rotatable bonds is 5. The summed E-state index contributed by atoms with van der Waals surface area (Å²) in [6.45, 7) is 0.228. The highest BCUT2D eigenvalue weighted by Gasteiger charge is 2.12. The molecule has 0 atom stereocenters. The number of aromatic carboxylic acids is 1. The first-order chi connectivity index (χ1) is 14.7. The molecule has 30 heavy (non-hydrogen) atoms. The van der Waals surface area contributed by atoms with Crippen LogP contribution in [0.2, 0.25) is 0 Å². The molecule has 1 heterocycles. The van der Waals surface area contributed by atoms with Crippen molar-refractivity contribution in [3.05, 3.63) is 101 Å². The van der Waals surface area contributed by atoms with E-state index in [1.807, 2.05) is 42.5 Å². The Morgan fingerprint density at radius 2 is 1.77 bits per heavy atom. The van der Waals surface area contributed by atoms with Gasteiger partial charge in [-0.15, -0.1) is 10.2 Å². The Bertz CT molecular complexity index is 1240. The highest BCUT2D eigenvalue weighted by molar-refractivity contribution is 5.89. The van der Waals surface area contributed by atoms with Crippen molar-refractivity contribution in [3.8, 4) is 23.2 Å². The van der Waals surface area contributed by atoms with E-state index in [-0.39, 0.29) is 12.1 Å². The maximum Gasteiger partial charge on any atom is 0.336 e. The smallest absolute Gasteiger partial charge is 0.336 e. The standard InChI is InChI=1S/C24H18N4O2/c29-24(30)22-15-5-4-13-21(22)17-28-26-23(25-27-28)20-14-7-12-19(16-20)11-6-10-18-8-2-1-3-9-18/h1-5,7-9,12-16H,10,17H2,(H,29,30). The molecule has 4 aromatic rings. The Labute approximate surface area is 173 Å². The molecule has 0 saturated heterocycles. The Balaban J connectivity index is 1.50. The fourth-order valence-corrected chi connectivity index (χ4v) is 3.03. The number of carboxylic acids is 1. The zero-order chi connectivity index (χ0) is 20.8. The van der Waals surface area contributed by atoms with E-state index in [2.05, 4.69) is 39.4 Å². The Hall–Kier alpha value is -4.24. The van der Waals surface area contributed by atoms with Crippen LogP contribution in [0.15, 0.2) is 78.9 Å². The monoisotopic (exact) mass is 394 g/mol. The van der Waals surface area contributed by atoms with Gasteiger partial charge in [0, 0.05) is 17.5 Å². The molecule has 6 heteroatoms. The van der Waals surface area contributed by atoms with Gasteiger partial charge in [0.05, 0.1) is 12.1 Å². The molecule has 0 amide bonds. The van der Waals surface area contributed by atoms with Crippen LogP contribution in [-0.4, -0.2) is 31.3 Å². The summed E-state index contributed by atoms with van der Waals surface area (Å²) in [5.74, 6) is 5.84. The first-order valence-corrected chi connectivity index (χ1v) is 9.41. The maximum absolute atomic E-state index is 11.4. The molecule has 0 unspecified atom stereocenters. The normalized spacial score (nSPS) is 10.3. The van der Waals surface area contributed by atoms with Gasteiger partial charge in [-0.1, -0.05) is 72.5 Å². The van der Waals surface area contributed by atoms with Crippen molar-refractivity contribution in [1.29, 1.82) is 0 Å². The van der Waals surface area contributed by atoms with Gasteiger partial charge in [0.2, 0.25) is 5.82 Å². The number of aromatic nitrogens is 4. The van der Waals surface area contributed by atoms with Crippen LogP contribution < -0.4 is 0 Å². The summed E-state index contributed by atoms with van der Waals surface area (Å²) < 4.78 is 0. The van der Waals surface area contributed by atoms with Crippen LogP contribution in [0.3, 0.4) is 0 Å². The van der Waals surface area contributed by atoms with Crippen molar-refractivity contribution in [1.82, 2.24) is 20.2 Å². The second-order valence-corrected chi connectivity index (χ2v) is 6.65. The van der Waals surface area contributed by atoms with Gasteiger partial charge in [-0.25, -0.2) is 4.79 Å². The van der Waals surface area contributed by atoms with E-state index in [4.69, 9.17) is 0 Å². The number of benzene rings is 3. The van der Waals surface area contributed by atoms with Crippen LogP contribution in [0, 0.1) is 11.8 Å². The fourth-order valence-electron chi connectivity index (χ4n) is 3.03. The molecule has 0 aliphatic rings. The van der Waals surface area contributed by atoms with Crippen LogP contribution in [-0.2, 0) is 13.0 Å². The highest BCUT2D eigenvalue weighted by atomic mass is 16.4. The molecule has 0 aliphatic carbocycles. The van der Waals surface area contributed by atoms with Gasteiger partial charge >= 0.3 is 5.97 Å². The molecule has 4 rings (SSSR count). The van der Waals surface area contributed by atoms with Crippen molar-refractivity contribution in [2.45, 2.75) is 13.0 Å². The van der Waals surface area contributed by atoms with Crippen LogP contribution >= 0.6 is 0 Å². The summed E-state index contributed by atoms with van der Waals surface area (Å²) in [5.41, 5.74) is 3.70. The molecule has 0 saturated carbocycles. The van der Waals surface area contributed by atoms with E-state index in [0.29, 0.717) is 17.8 Å². The van der Waals surface area contributed by atoms with E-state index >= 15 is 0 Å². The summed E-state index contributed by atoms with van der Waals surface area (Å²) in [4.78, 5) is 12.8. The van der Waals surface area contributed by atoms with Crippen LogP contribution in [0.25, 0.3) is 11.4 Å². The zero-order valence-corrected chi connectivity index (χ0v) is 16.1. The van der Waals surface area contributed by atoms with Gasteiger partial charge in [-0.05, 0) is 34.5 Å². The van der Waals surface area contributed by atoms with Crippen LogP contribution in [0.1, 0.15) is 27.0 Å². The third-order valence-electron chi connectivity index (χ3n) is 4.50. The van der Waals surface area contributed by atoms with Crippen molar-refractivity contribution in [2.24, 2.45) is 0 Å². The topological polar surface area (TPSA) is 80.9 Å². The lowest BCUT2D eigenvalue weighted by atomic mass is 10.1. The number of tetrazole rings is 1. The third kappa shape index (κ3) is 4.59. The minimum Gasteiger partial charge on any atom is -0.478 e. The molecule has 1 aromatic heterocycles. The van der Waals surface area contributed by atoms with Gasteiger partial charge in [-0.2, -0.15) is 4.80 Å². The lowest BCUT2D eigenvalue weighted by Crippen LogP contribution is -2.09. The molecule has 0 radical (unpaired) electrons. The molecular formula is C24H18N4O2. The zero-order valence-electron chi connectivity index (χ0n) is 16.1. The molecule has 0 spiro atoms. The summed E-state index contributed by atoms with van der Waals surface area (Å²) in [5, 5.41) is 21.9. The number of nitrogens with zero attached hydrogens (tertiary/aromatic N) is 4. The average Bonchev–Trinajstić information content (AvgIpc) is 3.24. The van der Waals surface area contributed by atoms with Crippen molar-refractivity contribution >= 4 is 5.97 Å². The minimum absolute atomic E-state index is 0.228. The molecule has 146 valence electrons. The summed E-state index contributed by atoms with van der Waals surface area (Å²) in [6.07, 6.45) is 0.683. The predicted octanol–water partition coefficient (Wildman–Crippen LogP) is 3.68. The lowest BCUT2D eigenvalue weighted by molar-refractivity contribution is 0.0695. The lowest BCUT2D eigenvalue weighted by Gasteiger charge is -2.04. The number of carbonyl (C=O) groups is 1. The van der Waals surface area contributed by atoms with Crippen molar-refractivity contribution in [3.63, 3.8) is 0 Å². The van der Waals surface area contributed by atoms with Gasteiger partial charge in [-0.3, -0.25) is 0 Å². The van der Waals surface area contributed by atoms with Gasteiger partial charge < -0.3 is 5.11 Å². The van der Waals surface area contributed by atoms with Crippen LogP contribution in [0.5, 0.6) is 0 Å². The molecule has 1 N–H and O–H groups in total. The number of hydrogen-bond donors (Lipinski definition) is 1. The summed E-state index contributed by atoms with van der Waals surface area (Å²) in [6, 6.07) is 24.5.